The van der Waals surface area contributed by atoms with Gasteiger partial charge in [-0.15, -0.1) is 0 Å². The zero-order valence-corrected chi connectivity index (χ0v) is 18.0. The molecule has 0 saturated carbocycles. The van der Waals surface area contributed by atoms with E-state index >= 15 is 0 Å². The van der Waals surface area contributed by atoms with Crippen molar-refractivity contribution in [3.05, 3.63) is 53.1 Å². The monoisotopic (exact) mass is 422 g/mol. The van der Waals surface area contributed by atoms with Gasteiger partial charge in [0, 0.05) is 24.7 Å². The van der Waals surface area contributed by atoms with Crippen molar-refractivity contribution in [3.8, 4) is 11.3 Å². The zero-order chi connectivity index (χ0) is 21.6. The van der Waals surface area contributed by atoms with Crippen LogP contribution in [-0.4, -0.2) is 55.9 Å². The first-order valence-corrected chi connectivity index (χ1v) is 11.2. The molecule has 1 aliphatic rings. The maximum Gasteiger partial charge on any atom is 0.293 e. The summed E-state index contributed by atoms with van der Waals surface area (Å²) >= 11 is 0. The van der Waals surface area contributed by atoms with Crippen LogP contribution in [0.1, 0.15) is 39.0 Å². The second-order valence-electron chi connectivity index (χ2n) is 8.12. The maximum atomic E-state index is 12.8. The summed E-state index contributed by atoms with van der Waals surface area (Å²) in [6, 6.07) is 12.1. The molecule has 2 aromatic heterocycles. The molecule has 31 heavy (non-hydrogen) atoms. The van der Waals surface area contributed by atoms with Crippen molar-refractivity contribution in [1.29, 1.82) is 0 Å². The molecule has 3 aromatic rings. The highest BCUT2D eigenvalue weighted by molar-refractivity contribution is 5.75. The number of benzene rings is 1. The average molecular weight is 423 g/mol. The SMILES string of the molecule is CC[C@@H]1CCCCN1CCCNC(=O)Cn1ncn2nc(-c3ccccc3)cc2c1=O. The number of rotatable bonds is 8. The van der Waals surface area contributed by atoms with E-state index in [4.69, 9.17) is 0 Å². The molecule has 1 fully saturated rings. The summed E-state index contributed by atoms with van der Waals surface area (Å²) in [7, 11) is 0. The van der Waals surface area contributed by atoms with E-state index in [1.165, 1.54) is 41.2 Å². The molecule has 0 aliphatic carbocycles. The Labute approximate surface area is 181 Å². The van der Waals surface area contributed by atoms with E-state index in [1.807, 2.05) is 30.3 Å². The Morgan fingerprint density at radius 1 is 1.23 bits per heavy atom. The summed E-state index contributed by atoms with van der Waals surface area (Å²) in [5.74, 6) is -0.201. The Balaban J connectivity index is 1.33. The second-order valence-corrected chi connectivity index (χ2v) is 8.12. The lowest BCUT2D eigenvalue weighted by atomic mass is 10.00. The number of nitrogens with zero attached hydrogens (tertiary/aromatic N) is 5. The van der Waals surface area contributed by atoms with Gasteiger partial charge in [0.25, 0.3) is 5.56 Å². The van der Waals surface area contributed by atoms with Gasteiger partial charge in [-0.1, -0.05) is 43.7 Å². The molecular weight excluding hydrogens is 392 g/mol. The Hall–Kier alpha value is -3.00. The molecule has 164 valence electrons. The van der Waals surface area contributed by atoms with E-state index in [0.717, 1.165) is 25.1 Å². The number of amides is 1. The van der Waals surface area contributed by atoms with Gasteiger partial charge in [0.15, 0.2) is 0 Å². The molecule has 0 spiro atoms. The van der Waals surface area contributed by atoms with Crippen molar-refractivity contribution >= 4 is 11.4 Å². The molecule has 1 amide bonds. The number of piperidine rings is 1. The van der Waals surface area contributed by atoms with Crippen LogP contribution in [0.5, 0.6) is 0 Å². The highest BCUT2D eigenvalue weighted by atomic mass is 16.2. The molecule has 8 heteroatoms. The number of nitrogens with one attached hydrogen (secondary N) is 1. The second kappa shape index (κ2) is 9.87. The molecule has 1 N–H and O–H groups in total. The number of fused-ring (bicyclic) bond motifs is 1. The van der Waals surface area contributed by atoms with Gasteiger partial charge >= 0.3 is 0 Å². The molecular formula is C23H30N6O2. The molecule has 8 nitrogen and oxygen atoms in total. The number of carbonyl (C=O) groups excluding carboxylic acids is 1. The van der Waals surface area contributed by atoms with Crippen molar-refractivity contribution in [2.24, 2.45) is 0 Å². The third kappa shape index (κ3) is 5.02. The van der Waals surface area contributed by atoms with Crippen LogP contribution in [0.25, 0.3) is 16.8 Å². The minimum Gasteiger partial charge on any atom is -0.354 e. The molecule has 4 rings (SSSR count). The van der Waals surface area contributed by atoms with Crippen LogP contribution in [0.15, 0.2) is 47.5 Å². The smallest absolute Gasteiger partial charge is 0.293 e. The Morgan fingerprint density at radius 2 is 2.06 bits per heavy atom. The van der Waals surface area contributed by atoms with Crippen LogP contribution in [0.3, 0.4) is 0 Å². The minimum atomic E-state index is -0.327. The quantitative estimate of drug-likeness (QED) is 0.563. The summed E-state index contributed by atoms with van der Waals surface area (Å²) in [5.41, 5.74) is 1.70. The lowest BCUT2D eigenvalue weighted by molar-refractivity contribution is -0.121. The van der Waals surface area contributed by atoms with E-state index in [0.29, 0.717) is 23.8 Å². The summed E-state index contributed by atoms with van der Waals surface area (Å²) in [6.07, 6.45) is 7.43. The summed E-state index contributed by atoms with van der Waals surface area (Å²) in [5, 5.41) is 11.5. The van der Waals surface area contributed by atoms with Gasteiger partial charge in [0.2, 0.25) is 5.91 Å². The Kier molecular flexibility index (Phi) is 6.76. The van der Waals surface area contributed by atoms with Crippen molar-refractivity contribution < 1.29 is 4.79 Å². The lowest BCUT2D eigenvalue weighted by Crippen LogP contribution is -2.41. The predicted octanol–water partition coefficient (Wildman–Crippen LogP) is 2.33. The van der Waals surface area contributed by atoms with Crippen molar-refractivity contribution in [3.63, 3.8) is 0 Å². The first-order chi connectivity index (χ1) is 15.2. The predicted molar refractivity (Wildman–Crippen MR) is 120 cm³/mol. The highest BCUT2D eigenvalue weighted by Gasteiger charge is 2.20. The van der Waals surface area contributed by atoms with Gasteiger partial charge in [-0.05, 0) is 38.3 Å². The third-order valence-electron chi connectivity index (χ3n) is 6.02. The van der Waals surface area contributed by atoms with Crippen molar-refractivity contribution in [2.45, 2.75) is 51.6 Å². The van der Waals surface area contributed by atoms with Crippen LogP contribution in [0.4, 0.5) is 0 Å². The minimum absolute atomic E-state index is 0.0948. The summed E-state index contributed by atoms with van der Waals surface area (Å²) in [6.45, 7) is 4.91. The van der Waals surface area contributed by atoms with E-state index in [2.05, 4.69) is 27.3 Å². The number of hydrogen-bond donors (Lipinski definition) is 1. The van der Waals surface area contributed by atoms with Gasteiger partial charge in [-0.3, -0.25) is 9.59 Å². The molecule has 1 aliphatic heterocycles. The van der Waals surface area contributed by atoms with Gasteiger partial charge in [0.1, 0.15) is 18.4 Å². The third-order valence-corrected chi connectivity index (χ3v) is 6.02. The van der Waals surface area contributed by atoms with Crippen LogP contribution in [0.2, 0.25) is 0 Å². The molecule has 1 atom stereocenters. The largest absolute Gasteiger partial charge is 0.354 e. The number of likely N-dealkylation sites (tertiary alicyclic amines) is 1. The Bertz CT molecular complexity index is 1070. The van der Waals surface area contributed by atoms with Gasteiger partial charge < -0.3 is 10.2 Å². The number of aromatic nitrogens is 4. The lowest BCUT2D eigenvalue weighted by Gasteiger charge is -2.35. The van der Waals surface area contributed by atoms with Crippen molar-refractivity contribution in [1.82, 2.24) is 29.6 Å². The number of hydrogen-bond acceptors (Lipinski definition) is 5. The van der Waals surface area contributed by atoms with Gasteiger partial charge in [-0.25, -0.2) is 9.20 Å². The van der Waals surface area contributed by atoms with E-state index < -0.39 is 0 Å². The van der Waals surface area contributed by atoms with E-state index in [1.54, 1.807) is 6.07 Å². The van der Waals surface area contributed by atoms with Crippen LogP contribution in [-0.2, 0) is 11.3 Å². The average Bonchev–Trinajstić information content (AvgIpc) is 3.25. The van der Waals surface area contributed by atoms with Crippen molar-refractivity contribution in [2.75, 3.05) is 19.6 Å². The molecule has 0 bridgehead atoms. The van der Waals surface area contributed by atoms with Gasteiger partial charge in [-0.2, -0.15) is 10.2 Å². The van der Waals surface area contributed by atoms with Gasteiger partial charge in [0.05, 0.1) is 5.69 Å². The molecule has 0 radical (unpaired) electrons. The first-order valence-electron chi connectivity index (χ1n) is 11.2. The standard InChI is InChI=1S/C23H30N6O2/c1-2-19-11-6-7-13-27(19)14-8-12-24-22(30)16-28-23(31)21-15-20(26-29(21)17-25-28)18-9-4-3-5-10-18/h3-5,9-10,15,17,19H,2,6-8,11-14,16H2,1H3,(H,24,30)/t19-/m1/s1. The van der Waals surface area contributed by atoms with E-state index in [-0.39, 0.29) is 18.0 Å². The fourth-order valence-corrected chi connectivity index (χ4v) is 4.32. The highest BCUT2D eigenvalue weighted by Crippen LogP contribution is 2.19. The normalized spacial score (nSPS) is 17.1. The summed E-state index contributed by atoms with van der Waals surface area (Å²) < 4.78 is 2.65. The first kappa shape index (κ1) is 21.2. The fourth-order valence-electron chi connectivity index (χ4n) is 4.32. The molecule has 0 unspecified atom stereocenters. The maximum absolute atomic E-state index is 12.8. The molecule has 3 heterocycles. The fraction of sp³-hybridized carbons (Fsp3) is 0.478. The zero-order valence-electron chi connectivity index (χ0n) is 18.0. The molecule has 1 saturated heterocycles. The topological polar surface area (TPSA) is 84.5 Å². The summed E-state index contributed by atoms with van der Waals surface area (Å²) in [4.78, 5) is 27.7. The Morgan fingerprint density at radius 3 is 2.87 bits per heavy atom. The van der Waals surface area contributed by atoms with Crippen LogP contribution < -0.4 is 10.9 Å². The van der Waals surface area contributed by atoms with Crippen LogP contribution in [0, 0.1) is 0 Å². The molecule has 1 aromatic carbocycles. The van der Waals surface area contributed by atoms with Crippen LogP contribution >= 0.6 is 0 Å². The number of carbonyl (C=O) groups is 1. The van der Waals surface area contributed by atoms with E-state index in [9.17, 15) is 9.59 Å².